The minimum atomic E-state index is -0.585. The number of nitrogens with zero attached hydrogens (tertiary/aromatic N) is 2. The SMILES string of the molecule is Cn1ncc(N)c1NC(=O)c1cc(O)ccc1O. The van der Waals surface area contributed by atoms with Crippen LogP contribution in [0, 0.1) is 0 Å². The van der Waals surface area contributed by atoms with Crippen molar-refractivity contribution in [3.63, 3.8) is 0 Å². The van der Waals surface area contributed by atoms with E-state index in [1.807, 2.05) is 0 Å². The van der Waals surface area contributed by atoms with Crippen LogP contribution in [0.3, 0.4) is 0 Å². The highest BCUT2D eigenvalue weighted by molar-refractivity contribution is 6.07. The lowest BCUT2D eigenvalue weighted by molar-refractivity contribution is 0.102. The van der Waals surface area contributed by atoms with Crippen molar-refractivity contribution in [3.05, 3.63) is 30.0 Å². The molecule has 0 aliphatic rings. The zero-order chi connectivity index (χ0) is 13.3. The Morgan fingerprint density at radius 1 is 1.44 bits per heavy atom. The van der Waals surface area contributed by atoms with Crippen LogP contribution in [0.5, 0.6) is 11.5 Å². The summed E-state index contributed by atoms with van der Waals surface area (Å²) >= 11 is 0. The first-order valence-corrected chi connectivity index (χ1v) is 5.10. The molecule has 5 N–H and O–H groups in total. The first-order chi connectivity index (χ1) is 8.49. The maximum absolute atomic E-state index is 11.9. The van der Waals surface area contributed by atoms with E-state index in [0.29, 0.717) is 11.5 Å². The van der Waals surface area contributed by atoms with Crippen molar-refractivity contribution < 1.29 is 15.0 Å². The molecule has 1 aromatic carbocycles. The number of aromatic nitrogens is 2. The molecule has 0 bridgehead atoms. The van der Waals surface area contributed by atoms with Crippen LogP contribution in [0.2, 0.25) is 0 Å². The van der Waals surface area contributed by atoms with Crippen molar-refractivity contribution >= 4 is 17.4 Å². The van der Waals surface area contributed by atoms with Gasteiger partial charge in [-0.15, -0.1) is 0 Å². The van der Waals surface area contributed by atoms with Crippen molar-refractivity contribution in [1.82, 2.24) is 9.78 Å². The summed E-state index contributed by atoms with van der Waals surface area (Å²) in [6.07, 6.45) is 1.40. The molecule has 94 valence electrons. The Labute approximate surface area is 102 Å². The molecule has 0 aliphatic carbocycles. The molecule has 1 aromatic heterocycles. The third-order valence-corrected chi connectivity index (χ3v) is 2.42. The summed E-state index contributed by atoms with van der Waals surface area (Å²) in [6.45, 7) is 0. The lowest BCUT2D eigenvalue weighted by atomic mass is 10.2. The lowest BCUT2D eigenvalue weighted by Gasteiger charge is -2.08. The summed E-state index contributed by atoms with van der Waals surface area (Å²) in [7, 11) is 1.62. The van der Waals surface area contributed by atoms with E-state index in [1.165, 1.54) is 23.0 Å². The second-order valence-corrected chi connectivity index (χ2v) is 3.73. The molecule has 0 aliphatic heterocycles. The molecule has 0 radical (unpaired) electrons. The van der Waals surface area contributed by atoms with Gasteiger partial charge in [0.15, 0.2) is 5.82 Å². The van der Waals surface area contributed by atoms with Gasteiger partial charge in [0.25, 0.3) is 5.91 Å². The van der Waals surface area contributed by atoms with Crippen LogP contribution in [-0.4, -0.2) is 25.9 Å². The smallest absolute Gasteiger partial charge is 0.260 e. The van der Waals surface area contributed by atoms with Gasteiger partial charge in [0.2, 0.25) is 0 Å². The number of phenols is 2. The largest absolute Gasteiger partial charge is 0.508 e. The van der Waals surface area contributed by atoms with Crippen LogP contribution >= 0.6 is 0 Å². The third-order valence-electron chi connectivity index (χ3n) is 2.42. The zero-order valence-electron chi connectivity index (χ0n) is 9.58. The molecule has 7 nitrogen and oxygen atoms in total. The van der Waals surface area contributed by atoms with Crippen LogP contribution in [0.15, 0.2) is 24.4 Å². The van der Waals surface area contributed by atoms with E-state index in [1.54, 1.807) is 7.05 Å². The average Bonchev–Trinajstić information content (AvgIpc) is 2.64. The number of nitrogens with one attached hydrogen (secondary N) is 1. The van der Waals surface area contributed by atoms with Gasteiger partial charge in [-0.1, -0.05) is 0 Å². The van der Waals surface area contributed by atoms with Gasteiger partial charge in [-0.25, -0.2) is 0 Å². The van der Waals surface area contributed by atoms with Gasteiger partial charge >= 0.3 is 0 Å². The summed E-state index contributed by atoms with van der Waals surface area (Å²) in [5, 5.41) is 25.2. The van der Waals surface area contributed by atoms with Crippen molar-refractivity contribution in [2.24, 2.45) is 7.05 Å². The number of anilines is 2. The van der Waals surface area contributed by atoms with Crippen LogP contribution in [0.4, 0.5) is 11.5 Å². The van der Waals surface area contributed by atoms with Crippen LogP contribution < -0.4 is 11.1 Å². The number of aromatic hydroxyl groups is 2. The van der Waals surface area contributed by atoms with E-state index in [0.717, 1.165) is 6.07 Å². The van der Waals surface area contributed by atoms with Gasteiger partial charge in [-0.05, 0) is 18.2 Å². The number of phenolic OH excluding ortho intramolecular Hbond substituents is 2. The predicted molar refractivity (Wildman–Crippen MR) is 65.3 cm³/mol. The number of hydrogen-bond acceptors (Lipinski definition) is 5. The Balaban J connectivity index is 2.30. The van der Waals surface area contributed by atoms with Crippen LogP contribution in [-0.2, 0) is 7.05 Å². The molecule has 0 fully saturated rings. The molecule has 2 rings (SSSR count). The Kier molecular flexibility index (Phi) is 2.80. The maximum Gasteiger partial charge on any atom is 0.260 e. The number of carbonyl (C=O) groups excluding carboxylic acids is 1. The second-order valence-electron chi connectivity index (χ2n) is 3.73. The highest BCUT2D eigenvalue weighted by Crippen LogP contribution is 2.24. The highest BCUT2D eigenvalue weighted by atomic mass is 16.3. The Bertz CT molecular complexity index is 587. The van der Waals surface area contributed by atoms with Gasteiger partial charge in [-0.3, -0.25) is 9.48 Å². The summed E-state index contributed by atoms with van der Waals surface area (Å²) in [4.78, 5) is 11.9. The summed E-state index contributed by atoms with van der Waals surface area (Å²) in [5.41, 5.74) is 5.89. The van der Waals surface area contributed by atoms with Crippen molar-refractivity contribution in [3.8, 4) is 11.5 Å². The normalized spacial score (nSPS) is 10.3. The number of benzene rings is 1. The highest BCUT2D eigenvalue weighted by Gasteiger charge is 2.15. The van der Waals surface area contributed by atoms with Crippen molar-refractivity contribution in [1.29, 1.82) is 0 Å². The topological polar surface area (TPSA) is 113 Å². The van der Waals surface area contributed by atoms with Gasteiger partial charge in [-0.2, -0.15) is 5.10 Å². The third kappa shape index (κ3) is 2.05. The van der Waals surface area contributed by atoms with Gasteiger partial charge < -0.3 is 21.3 Å². The number of rotatable bonds is 2. The molecule has 0 saturated carbocycles. The minimum Gasteiger partial charge on any atom is -0.508 e. The number of amides is 1. The van der Waals surface area contributed by atoms with Crippen LogP contribution in [0.1, 0.15) is 10.4 Å². The van der Waals surface area contributed by atoms with Crippen LogP contribution in [0.25, 0.3) is 0 Å². The second kappa shape index (κ2) is 4.28. The van der Waals surface area contributed by atoms with E-state index in [9.17, 15) is 15.0 Å². The van der Waals surface area contributed by atoms with E-state index in [2.05, 4.69) is 10.4 Å². The van der Waals surface area contributed by atoms with Gasteiger partial charge in [0, 0.05) is 7.05 Å². The Morgan fingerprint density at radius 2 is 2.17 bits per heavy atom. The van der Waals surface area contributed by atoms with E-state index in [4.69, 9.17) is 5.73 Å². The molecule has 0 spiro atoms. The number of aryl methyl sites for hydroxylation is 1. The number of nitrogens with two attached hydrogens (primary N) is 1. The molecule has 1 heterocycles. The minimum absolute atomic E-state index is 0.0457. The lowest BCUT2D eigenvalue weighted by Crippen LogP contribution is -2.15. The van der Waals surface area contributed by atoms with E-state index in [-0.39, 0.29) is 17.1 Å². The molecule has 7 heteroatoms. The molecule has 0 unspecified atom stereocenters. The number of nitrogen functional groups attached to an aromatic ring is 1. The number of hydrogen-bond donors (Lipinski definition) is 4. The fourth-order valence-electron chi connectivity index (χ4n) is 1.49. The summed E-state index contributed by atoms with van der Waals surface area (Å²) in [5.74, 6) is -0.608. The van der Waals surface area contributed by atoms with Crippen molar-refractivity contribution in [2.45, 2.75) is 0 Å². The van der Waals surface area contributed by atoms with E-state index < -0.39 is 5.91 Å². The first-order valence-electron chi connectivity index (χ1n) is 5.10. The molecule has 0 saturated heterocycles. The van der Waals surface area contributed by atoms with Gasteiger partial charge in [0.1, 0.15) is 11.5 Å². The monoisotopic (exact) mass is 248 g/mol. The summed E-state index contributed by atoms with van der Waals surface area (Å²) < 4.78 is 1.40. The Morgan fingerprint density at radius 3 is 2.78 bits per heavy atom. The molecule has 2 aromatic rings. The molecular formula is C11H12N4O3. The predicted octanol–water partition coefficient (Wildman–Crippen LogP) is 0.666. The molecular weight excluding hydrogens is 236 g/mol. The van der Waals surface area contributed by atoms with Crippen molar-refractivity contribution in [2.75, 3.05) is 11.1 Å². The summed E-state index contributed by atoms with van der Waals surface area (Å²) in [6, 6.07) is 3.68. The maximum atomic E-state index is 11.9. The fourth-order valence-corrected chi connectivity index (χ4v) is 1.49. The number of carbonyl (C=O) groups is 1. The molecule has 1 amide bonds. The standard InChI is InChI=1S/C11H12N4O3/c1-15-10(8(12)5-13-15)14-11(18)7-4-6(16)2-3-9(7)17/h2-5,16-17H,12H2,1H3,(H,14,18). The Hall–Kier alpha value is -2.70. The fraction of sp³-hybridized carbons (Fsp3) is 0.0909. The quantitative estimate of drug-likeness (QED) is 0.583. The zero-order valence-corrected chi connectivity index (χ0v) is 9.58. The first kappa shape index (κ1) is 11.8. The molecule has 0 atom stereocenters. The molecule has 18 heavy (non-hydrogen) atoms. The average molecular weight is 248 g/mol. The van der Waals surface area contributed by atoms with E-state index >= 15 is 0 Å². The van der Waals surface area contributed by atoms with Gasteiger partial charge in [0.05, 0.1) is 17.4 Å².